The number of Topliss-reactive ketones (excluding diaryl/α,β-unsaturated/α-hetero) is 2. The number of carbonyl (C=O) groups is 2. The summed E-state index contributed by atoms with van der Waals surface area (Å²) in [4.78, 5) is 28.5. The van der Waals surface area contributed by atoms with Crippen molar-refractivity contribution in [3.8, 4) is 0 Å². The van der Waals surface area contributed by atoms with Gasteiger partial charge >= 0.3 is 0 Å². The smallest absolute Gasteiger partial charge is 0.144 e. The number of pyridine rings is 1. The summed E-state index contributed by atoms with van der Waals surface area (Å²) >= 11 is 0. The fraction of sp³-hybridized carbons (Fsp3) is 0.500. The molecular formula is C20H27N3O2. The highest BCUT2D eigenvalue weighted by atomic mass is 16.1. The number of hydrogen-bond donors (Lipinski definition) is 0. The minimum atomic E-state index is -0.643. The third kappa shape index (κ3) is 5.08. The lowest BCUT2D eigenvalue weighted by molar-refractivity contribution is -0.124. The second-order valence-corrected chi connectivity index (χ2v) is 7.24. The molecule has 134 valence electrons. The number of rotatable bonds is 9. The van der Waals surface area contributed by atoms with Gasteiger partial charge in [0.1, 0.15) is 11.6 Å². The molecule has 0 amide bonds. The van der Waals surface area contributed by atoms with Crippen molar-refractivity contribution >= 4 is 11.6 Å². The largest absolute Gasteiger partial charge is 0.299 e. The van der Waals surface area contributed by atoms with Crippen LogP contribution in [0.15, 0.2) is 36.8 Å². The first-order valence-electron chi connectivity index (χ1n) is 8.79. The van der Waals surface area contributed by atoms with Gasteiger partial charge in [-0.05, 0) is 38.0 Å². The van der Waals surface area contributed by atoms with E-state index < -0.39 is 5.41 Å². The SMILES string of the molecule is CC(C)C(=O)CCn1ccc(C(C)(C)C(=O)CCc2cccnc2)n1. The average Bonchev–Trinajstić information content (AvgIpc) is 3.08. The summed E-state index contributed by atoms with van der Waals surface area (Å²) in [7, 11) is 0. The highest BCUT2D eigenvalue weighted by molar-refractivity contribution is 5.89. The molecule has 2 aromatic heterocycles. The lowest BCUT2D eigenvalue weighted by atomic mass is 9.82. The van der Waals surface area contributed by atoms with Gasteiger partial charge in [0, 0.05) is 43.9 Å². The number of hydrogen-bond acceptors (Lipinski definition) is 4. The molecule has 5 heteroatoms. The van der Waals surface area contributed by atoms with Crippen molar-refractivity contribution in [2.45, 2.75) is 58.9 Å². The molecule has 2 aromatic rings. The molecular weight excluding hydrogens is 314 g/mol. The summed E-state index contributed by atoms with van der Waals surface area (Å²) in [6.07, 6.45) is 6.97. The van der Waals surface area contributed by atoms with E-state index in [-0.39, 0.29) is 17.5 Å². The highest BCUT2D eigenvalue weighted by Crippen LogP contribution is 2.25. The second-order valence-electron chi connectivity index (χ2n) is 7.24. The maximum Gasteiger partial charge on any atom is 0.144 e. The van der Waals surface area contributed by atoms with Crippen molar-refractivity contribution < 1.29 is 9.59 Å². The van der Waals surface area contributed by atoms with Crippen LogP contribution in [0.2, 0.25) is 0 Å². The Kier molecular flexibility index (Phi) is 6.23. The normalized spacial score (nSPS) is 11.7. The van der Waals surface area contributed by atoms with Crippen molar-refractivity contribution in [1.29, 1.82) is 0 Å². The van der Waals surface area contributed by atoms with Crippen molar-refractivity contribution in [1.82, 2.24) is 14.8 Å². The molecule has 0 aliphatic heterocycles. The summed E-state index contributed by atoms with van der Waals surface area (Å²) in [5.74, 6) is 0.421. The molecule has 0 bridgehead atoms. The predicted octanol–water partition coefficient (Wildman–Crippen LogP) is 3.37. The summed E-state index contributed by atoms with van der Waals surface area (Å²) in [6, 6.07) is 5.74. The van der Waals surface area contributed by atoms with Crippen LogP contribution in [0.4, 0.5) is 0 Å². The maximum absolute atomic E-state index is 12.7. The van der Waals surface area contributed by atoms with Gasteiger partial charge < -0.3 is 0 Å². The molecule has 0 spiro atoms. The third-order valence-electron chi connectivity index (χ3n) is 4.57. The standard InChI is InChI=1S/C20H27N3O2/c1-15(2)17(24)9-12-23-13-10-18(22-23)20(3,4)19(25)8-7-16-6-5-11-21-14-16/h5-6,10-11,13-15H,7-9,12H2,1-4H3. The van der Waals surface area contributed by atoms with Crippen molar-refractivity contribution in [3.63, 3.8) is 0 Å². The molecule has 0 fully saturated rings. The van der Waals surface area contributed by atoms with Crippen LogP contribution in [0.1, 0.15) is 51.8 Å². The molecule has 0 N–H and O–H groups in total. The molecule has 25 heavy (non-hydrogen) atoms. The van der Waals surface area contributed by atoms with E-state index in [2.05, 4.69) is 10.1 Å². The van der Waals surface area contributed by atoms with E-state index in [4.69, 9.17) is 0 Å². The van der Waals surface area contributed by atoms with Crippen LogP contribution in [0.5, 0.6) is 0 Å². The third-order valence-corrected chi connectivity index (χ3v) is 4.57. The van der Waals surface area contributed by atoms with Gasteiger partial charge in [-0.2, -0.15) is 5.10 Å². The minimum Gasteiger partial charge on any atom is -0.299 e. The summed E-state index contributed by atoms with van der Waals surface area (Å²) < 4.78 is 1.76. The molecule has 0 saturated heterocycles. The molecule has 0 aliphatic carbocycles. The van der Waals surface area contributed by atoms with E-state index in [0.717, 1.165) is 11.3 Å². The summed E-state index contributed by atoms with van der Waals surface area (Å²) in [6.45, 7) is 8.17. The molecule has 2 heterocycles. The minimum absolute atomic E-state index is 0.0422. The zero-order valence-corrected chi connectivity index (χ0v) is 15.5. The highest BCUT2D eigenvalue weighted by Gasteiger charge is 2.31. The fourth-order valence-electron chi connectivity index (χ4n) is 2.59. The van der Waals surface area contributed by atoms with Gasteiger partial charge in [-0.15, -0.1) is 0 Å². The summed E-state index contributed by atoms with van der Waals surface area (Å²) in [5.41, 5.74) is 1.17. The average molecular weight is 341 g/mol. The Balaban J connectivity index is 1.96. The Hall–Kier alpha value is -2.30. The number of ketones is 2. The zero-order chi connectivity index (χ0) is 18.4. The lowest BCUT2D eigenvalue weighted by Gasteiger charge is -2.20. The van der Waals surface area contributed by atoms with Crippen molar-refractivity contribution in [2.75, 3.05) is 0 Å². The number of aryl methyl sites for hydroxylation is 2. The molecule has 0 aromatic carbocycles. The molecule has 0 saturated carbocycles. The number of carbonyl (C=O) groups excluding carboxylic acids is 2. The monoisotopic (exact) mass is 341 g/mol. The number of nitrogens with zero attached hydrogens (tertiary/aromatic N) is 3. The Labute approximate surface area is 149 Å². The molecule has 0 unspecified atom stereocenters. The van der Waals surface area contributed by atoms with E-state index in [1.54, 1.807) is 17.1 Å². The van der Waals surface area contributed by atoms with Crippen LogP contribution >= 0.6 is 0 Å². The van der Waals surface area contributed by atoms with E-state index in [9.17, 15) is 9.59 Å². The first-order chi connectivity index (χ1) is 11.8. The van der Waals surface area contributed by atoms with Gasteiger partial charge in [-0.3, -0.25) is 19.3 Å². The lowest BCUT2D eigenvalue weighted by Crippen LogP contribution is -2.30. The quantitative estimate of drug-likeness (QED) is 0.701. The van der Waals surface area contributed by atoms with Crippen LogP contribution in [-0.4, -0.2) is 26.3 Å². The van der Waals surface area contributed by atoms with Crippen LogP contribution in [-0.2, 0) is 28.0 Å². The number of aromatic nitrogens is 3. The van der Waals surface area contributed by atoms with Crippen LogP contribution in [0.3, 0.4) is 0 Å². The Morgan fingerprint density at radius 3 is 2.60 bits per heavy atom. The Morgan fingerprint density at radius 2 is 1.96 bits per heavy atom. The van der Waals surface area contributed by atoms with Gasteiger partial charge in [0.2, 0.25) is 0 Å². The first kappa shape index (κ1) is 19.0. The van der Waals surface area contributed by atoms with Crippen molar-refractivity contribution in [3.05, 3.63) is 48.0 Å². The van der Waals surface area contributed by atoms with Gasteiger partial charge in [-0.1, -0.05) is 19.9 Å². The van der Waals surface area contributed by atoms with E-state index >= 15 is 0 Å². The second kappa shape index (κ2) is 8.19. The molecule has 0 aliphatic rings. The first-order valence-corrected chi connectivity index (χ1v) is 8.79. The summed E-state index contributed by atoms with van der Waals surface area (Å²) in [5, 5.41) is 4.52. The Bertz CT molecular complexity index is 718. The van der Waals surface area contributed by atoms with Gasteiger partial charge in [0.25, 0.3) is 0 Å². The van der Waals surface area contributed by atoms with E-state index in [1.165, 1.54) is 0 Å². The molecule has 0 radical (unpaired) electrons. The fourth-order valence-corrected chi connectivity index (χ4v) is 2.59. The van der Waals surface area contributed by atoms with Crippen LogP contribution in [0, 0.1) is 5.92 Å². The van der Waals surface area contributed by atoms with Crippen LogP contribution in [0.25, 0.3) is 0 Å². The molecule has 2 rings (SSSR count). The van der Waals surface area contributed by atoms with Gasteiger partial charge in [0.05, 0.1) is 11.1 Å². The maximum atomic E-state index is 12.7. The van der Waals surface area contributed by atoms with Crippen LogP contribution < -0.4 is 0 Å². The Morgan fingerprint density at radius 1 is 1.20 bits per heavy atom. The molecule has 5 nitrogen and oxygen atoms in total. The zero-order valence-electron chi connectivity index (χ0n) is 15.5. The van der Waals surface area contributed by atoms with E-state index in [0.29, 0.717) is 25.8 Å². The van der Waals surface area contributed by atoms with Gasteiger partial charge in [-0.25, -0.2) is 0 Å². The van der Waals surface area contributed by atoms with Gasteiger partial charge in [0.15, 0.2) is 0 Å². The van der Waals surface area contributed by atoms with E-state index in [1.807, 2.05) is 52.1 Å². The molecule has 0 atom stereocenters. The van der Waals surface area contributed by atoms with Crippen molar-refractivity contribution in [2.24, 2.45) is 5.92 Å². The topological polar surface area (TPSA) is 64.8 Å². The predicted molar refractivity (Wildman–Crippen MR) is 97.3 cm³/mol.